The van der Waals surface area contributed by atoms with Gasteiger partial charge in [0.15, 0.2) is 0 Å². The lowest BCUT2D eigenvalue weighted by atomic mass is 9.84. The summed E-state index contributed by atoms with van der Waals surface area (Å²) in [7, 11) is 0. The minimum Gasteiger partial charge on any atom is -0.463 e. The van der Waals surface area contributed by atoms with Crippen LogP contribution in [0.4, 0.5) is 0 Å². The standard InChI is InChI=1S/C12H19BrO5/c1-6-7(2)11(17-9(4)15)12(13)18-10(6)5-16-8(3)14/h6-7,10-12H,5H2,1-4H3/t6?,7-,10?,11?,12+/m0/s1. The summed E-state index contributed by atoms with van der Waals surface area (Å²) in [6, 6.07) is 0. The van der Waals surface area contributed by atoms with E-state index in [-0.39, 0.29) is 47.6 Å². The first-order valence-corrected chi connectivity index (χ1v) is 6.84. The van der Waals surface area contributed by atoms with Crippen molar-refractivity contribution in [2.45, 2.75) is 44.9 Å². The molecule has 5 atom stereocenters. The van der Waals surface area contributed by atoms with Crippen LogP contribution in [0, 0.1) is 11.8 Å². The summed E-state index contributed by atoms with van der Waals surface area (Å²) in [5.74, 6) is -0.410. The van der Waals surface area contributed by atoms with E-state index in [1.807, 2.05) is 13.8 Å². The number of esters is 2. The predicted molar refractivity (Wildman–Crippen MR) is 68.1 cm³/mol. The van der Waals surface area contributed by atoms with Crippen LogP contribution in [-0.2, 0) is 23.8 Å². The molecule has 1 rings (SSSR count). The van der Waals surface area contributed by atoms with E-state index in [0.29, 0.717) is 0 Å². The van der Waals surface area contributed by atoms with Crippen LogP contribution in [-0.4, -0.2) is 35.8 Å². The van der Waals surface area contributed by atoms with Crippen molar-refractivity contribution in [2.75, 3.05) is 6.61 Å². The van der Waals surface area contributed by atoms with Crippen LogP contribution in [0.2, 0.25) is 0 Å². The Morgan fingerprint density at radius 2 is 1.78 bits per heavy atom. The first-order valence-electron chi connectivity index (χ1n) is 5.93. The summed E-state index contributed by atoms with van der Waals surface area (Å²) in [6.45, 7) is 6.95. The molecule has 1 heterocycles. The van der Waals surface area contributed by atoms with Gasteiger partial charge in [0.05, 0.1) is 6.10 Å². The van der Waals surface area contributed by atoms with E-state index in [2.05, 4.69) is 15.9 Å². The van der Waals surface area contributed by atoms with Gasteiger partial charge in [-0.3, -0.25) is 9.59 Å². The topological polar surface area (TPSA) is 61.8 Å². The summed E-state index contributed by atoms with van der Waals surface area (Å²) >= 11 is 3.36. The quantitative estimate of drug-likeness (QED) is 0.586. The van der Waals surface area contributed by atoms with Crippen molar-refractivity contribution in [2.24, 2.45) is 11.8 Å². The molecule has 5 nitrogen and oxygen atoms in total. The summed E-state index contributed by atoms with van der Waals surface area (Å²) in [5, 5.41) is -0.381. The fraction of sp³-hybridized carbons (Fsp3) is 0.833. The van der Waals surface area contributed by atoms with Gasteiger partial charge in [-0.1, -0.05) is 29.8 Å². The van der Waals surface area contributed by atoms with Crippen LogP contribution in [0.15, 0.2) is 0 Å². The SMILES string of the molecule is CC(=O)OCC1O[C@@H](Br)C(OC(C)=O)[C@@H](C)C1C. The molecule has 6 heteroatoms. The third-order valence-electron chi connectivity index (χ3n) is 3.25. The van der Waals surface area contributed by atoms with Crippen molar-refractivity contribution in [1.29, 1.82) is 0 Å². The Hall–Kier alpha value is -0.620. The van der Waals surface area contributed by atoms with Gasteiger partial charge in [-0.2, -0.15) is 0 Å². The van der Waals surface area contributed by atoms with Gasteiger partial charge in [0, 0.05) is 19.8 Å². The third-order valence-corrected chi connectivity index (χ3v) is 3.99. The van der Waals surface area contributed by atoms with Gasteiger partial charge in [0.2, 0.25) is 0 Å². The number of carbonyl (C=O) groups excluding carboxylic acids is 2. The minimum atomic E-state index is -0.381. The van der Waals surface area contributed by atoms with E-state index >= 15 is 0 Å². The highest BCUT2D eigenvalue weighted by atomic mass is 79.9. The predicted octanol–water partition coefficient (Wildman–Crippen LogP) is 1.87. The average Bonchev–Trinajstić information content (AvgIpc) is 2.27. The highest BCUT2D eigenvalue weighted by molar-refractivity contribution is 9.09. The molecule has 0 aromatic rings. The molecular formula is C12H19BrO5. The maximum Gasteiger partial charge on any atom is 0.303 e. The molecule has 18 heavy (non-hydrogen) atoms. The lowest BCUT2D eigenvalue weighted by Crippen LogP contribution is -2.50. The van der Waals surface area contributed by atoms with Crippen molar-refractivity contribution in [3.05, 3.63) is 0 Å². The van der Waals surface area contributed by atoms with Crippen LogP contribution in [0.3, 0.4) is 0 Å². The van der Waals surface area contributed by atoms with E-state index in [1.54, 1.807) is 0 Å². The Morgan fingerprint density at radius 1 is 1.17 bits per heavy atom. The van der Waals surface area contributed by atoms with Crippen molar-refractivity contribution < 1.29 is 23.8 Å². The van der Waals surface area contributed by atoms with Gasteiger partial charge in [-0.05, 0) is 5.92 Å². The van der Waals surface area contributed by atoms with Crippen LogP contribution in [0.1, 0.15) is 27.7 Å². The van der Waals surface area contributed by atoms with Crippen LogP contribution >= 0.6 is 15.9 Å². The number of alkyl halides is 1. The molecular weight excluding hydrogens is 304 g/mol. The minimum absolute atomic E-state index is 0.118. The van der Waals surface area contributed by atoms with Crippen molar-refractivity contribution in [3.8, 4) is 0 Å². The Balaban J connectivity index is 2.64. The number of hydrogen-bond donors (Lipinski definition) is 0. The molecule has 1 saturated heterocycles. The smallest absolute Gasteiger partial charge is 0.303 e. The second kappa shape index (κ2) is 6.52. The summed E-state index contributed by atoms with van der Waals surface area (Å²) in [5.41, 5.74) is 0. The number of rotatable bonds is 3. The van der Waals surface area contributed by atoms with Crippen molar-refractivity contribution in [3.63, 3.8) is 0 Å². The highest BCUT2D eigenvalue weighted by Gasteiger charge is 2.42. The fourth-order valence-electron chi connectivity index (χ4n) is 1.99. The zero-order valence-corrected chi connectivity index (χ0v) is 12.6. The van der Waals surface area contributed by atoms with Crippen molar-refractivity contribution >= 4 is 27.9 Å². The van der Waals surface area contributed by atoms with Crippen LogP contribution in [0.5, 0.6) is 0 Å². The van der Waals surface area contributed by atoms with Gasteiger partial charge < -0.3 is 14.2 Å². The number of ether oxygens (including phenoxy) is 3. The number of hydrogen-bond acceptors (Lipinski definition) is 5. The molecule has 0 radical (unpaired) electrons. The maximum atomic E-state index is 11.0. The van der Waals surface area contributed by atoms with E-state index in [4.69, 9.17) is 14.2 Å². The van der Waals surface area contributed by atoms with Crippen LogP contribution in [0.25, 0.3) is 0 Å². The lowest BCUT2D eigenvalue weighted by Gasteiger charge is -2.41. The van der Waals surface area contributed by atoms with E-state index < -0.39 is 0 Å². The zero-order chi connectivity index (χ0) is 13.9. The van der Waals surface area contributed by atoms with E-state index in [0.717, 1.165) is 0 Å². The molecule has 1 fully saturated rings. The first kappa shape index (κ1) is 15.4. The van der Waals surface area contributed by atoms with Gasteiger partial charge >= 0.3 is 11.9 Å². The number of halogens is 1. The molecule has 1 aliphatic heterocycles. The second-order valence-electron chi connectivity index (χ2n) is 4.62. The molecule has 0 N–H and O–H groups in total. The van der Waals surface area contributed by atoms with Gasteiger partial charge in [0.25, 0.3) is 0 Å². The fourth-order valence-corrected chi connectivity index (χ4v) is 2.85. The normalized spacial score (nSPS) is 35.9. The molecule has 0 aliphatic carbocycles. The average molecular weight is 323 g/mol. The van der Waals surface area contributed by atoms with Gasteiger partial charge in [0.1, 0.15) is 17.7 Å². The van der Waals surface area contributed by atoms with Gasteiger partial charge in [-0.25, -0.2) is 0 Å². The second-order valence-corrected chi connectivity index (χ2v) is 5.52. The molecule has 0 aromatic carbocycles. The zero-order valence-electron chi connectivity index (χ0n) is 11.0. The Bertz CT molecular complexity index is 318. The molecule has 0 spiro atoms. The molecule has 104 valence electrons. The summed E-state index contributed by atoms with van der Waals surface area (Å²) in [6.07, 6.45) is -0.522. The van der Waals surface area contributed by atoms with Crippen LogP contribution < -0.4 is 0 Å². The molecule has 0 aromatic heterocycles. The first-order chi connectivity index (χ1) is 8.32. The molecule has 0 amide bonds. The largest absolute Gasteiger partial charge is 0.463 e. The maximum absolute atomic E-state index is 11.0. The third kappa shape index (κ3) is 3.95. The van der Waals surface area contributed by atoms with E-state index in [9.17, 15) is 9.59 Å². The number of carbonyl (C=O) groups is 2. The summed E-state index contributed by atoms with van der Waals surface area (Å²) in [4.78, 5) is 21.8. The summed E-state index contributed by atoms with van der Waals surface area (Å²) < 4.78 is 15.9. The molecule has 1 aliphatic rings. The highest BCUT2D eigenvalue weighted by Crippen LogP contribution is 2.35. The monoisotopic (exact) mass is 322 g/mol. The Labute approximate surface area is 115 Å². The van der Waals surface area contributed by atoms with Gasteiger partial charge in [-0.15, -0.1) is 0 Å². The molecule has 3 unspecified atom stereocenters. The Morgan fingerprint density at radius 3 is 2.28 bits per heavy atom. The lowest BCUT2D eigenvalue weighted by molar-refractivity contribution is -0.183. The Kier molecular flexibility index (Phi) is 5.59. The molecule has 0 bridgehead atoms. The van der Waals surface area contributed by atoms with Crippen molar-refractivity contribution in [1.82, 2.24) is 0 Å². The van der Waals surface area contributed by atoms with E-state index in [1.165, 1.54) is 13.8 Å². The molecule has 0 saturated carbocycles.